The number of piperidine rings is 1. The average molecular weight is 583 g/mol. The van der Waals surface area contributed by atoms with Crippen LogP contribution in [0.3, 0.4) is 0 Å². The summed E-state index contributed by atoms with van der Waals surface area (Å²) < 4.78 is 41.9. The van der Waals surface area contributed by atoms with E-state index in [4.69, 9.17) is 0 Å². The summed E-state index contributed by atoms with van der Waals surface area (Å²) >= 11 is 0. The summed E-state index contributed by atoms with van der Waals surface area (Å²) in [7, 11) is 0. The molecule has 6 heterocycles. The van der Waals surface area contributed by atoms with Crippen molar-refractivity contribution < 1.29 is 22.8 Å². The Hall–Kier alpha value is -4.32. The van der Waals surface area contributed by atoms with Crippen LogP contribution in [0.2, 0.25) is 0 Å². The highest BCUT2D eigenvalue weighted by Gasteiger charge is 2.49. The second-order valence-electron chi connectivity index (χ2n) is 11.2. The van der Waals surface area contributed by atoms with Crippen molar-refractivity contribution in [2.75, 3.05) is 26.2 Å². The molecule has 0 spiro atoms. The van der Waals surface area contributed by atoms with E-state index in [0.717, 1.165) is 22.3 Å². The molecular formula is C27H29F3N10O2. The second-order valence-corrected chi connectivity index (χ2v) is 11.2. The van der Waals surface area contributed by atoms with Gasteiger partial charge in [-0.05, 0) is 18.9 Å². The van der Waals surface area contributed by atoms with Crippen molar-refractivity contribution in [1.82, 2.24) is 39.8 Å². The fourth-order valence-electron chi connectivity index (χ4n) is 6.27. The number of amidine groups is 1. The third-order valence-corrected chi connectivity index (χ3v) is 8.70. The van der Waals surface area contributed by atoms with E-state index in [-0.39, 0.29) is 12.5 Å². The molecular weight excluding hydrogens is 553 g/mol. The number of halogens is 3. The monoisotopic (exact) mass is 582 g/mol. The van der Waals surface area contributed by atoms with Crippen LogP contribution in [-0.4, -0.2) is 103 Å². The highest BCUT2D eigenvalue weighted by atomic mass is 19.4. The number of H-pyrrole nitrogens is 1. The van der Waals surface area contributed by atoms with Gasteiger partial charge in [-0.3, -0.25) is 19.4 Å². The van der Waals surface area contributed by atoms with Gasteiger partial charge < -0.3 is 20.0 Å². The molecule has 6 rings (SSSR count). The summed E-state index contributed by atoms with van der Waals surface area (Å²) in [6.45, 7) is 3.51. The number of alkyl halides is 3. The molecule has 15 heteroatoms. The number of amides is 1. The van der Waals surface area contributed by atoms with Crippen LogP contribution in [0.15, 0.2) is 36.0 Å². The molecule has 0 radical (unpaired) electrons. The van der Waals surface area contributed by atoms with Gasteiger partial charge in [-0.2, -0.15) is 23.5 Å². The summed E-state index contributed by atoms with van der Waals surface area (Å²) in [5.41, 5.74) is 1.80. The molecule has 0 saturated carbocycles. The van der Waals surface area contributed by atoms with E-state index < -0.39 is 41.5 Å². The lowest BCUT2D eigenvalue weighted by molar-refractivity contribution is -0.137. The minimum Gasteiger partial charge on any atom is -0.356 e. The quantitative estimate of drug-likeness (QED) is 0.419. The smallest absolute Gasteiger partial charge is 0.356 e. The van der Waals surface area contributed by atoms with E-state index in [2.05, 4.69) is 41.3 Å². The Morgan fingerprint density at radius 3 is 2.71 bits per heavy atom. The maximum atomic E-state index is 13.3. The highest BCUT2D eigenvalue weighted by Crippen LogP contribution is 2.37. The maximum Gasteiger partial charge on any atom is 0.448 e. The van der Waals surface area contributed by atoms with E-state index in [1.165, 1.54) is 6.33 Å². The minimum absolute atomic E-state index is 0.152. The van der Waals surface area contributed by atoms with E-state index in [9.17, 15) is 28.0 Å². The first-order valence-corrected chi connectivity index (χ1v) is 13.7. The molecule has 42 heavy (non-hydrogen) atoms. The molecule has 3 aliphatic heterocycles. The van der Waals surface area contributed by atoms with E-state index in [0.29, 0.717) is 45.3 Å². The molecule has 2 saturated heterocycles. The fraction of sp³-hybridized carbons (Fsp3) is 0.519. The number of aromatic nitrogens is 5. The SMILES string of the molecule is CC1C(C=O)NC(C(F)(F)F)=NC1C(=O)N1CCC(N2CC(CC#N)(n3cc(-c4ncnc5[nH]ccc45)cn3)C2)CC1. The van der Waals surface area contributed by atoms with Gasteiger partial charge in [0.1, 0.15) is 29.8 Å². The van der Waals surface area contributed by atoms with Crippen molar-refractivity contribution in [2.45, 2.75) is 56.0 Å². The largest absolute Gasteiger partial charge is 0.448 e. The maximum absolute atomic E-state index is 13.3. The number of aromatic amines is 1. The minimum atomic E-state index is -4.78. The average Bonchev–Trinajstić information content (AvgIpc) is 3.64. The molecule has 3 aliphatic rings. The molecule has 3 aromatic heterocycles. The predicted octanol–water partition coefficient (Wildman–Crippen LogP) is 1.87. The number of aliphatic imine (C=N–C) groups is 1. The van der Waals surface area contributed by atoms with Gasteiger partial charge in [-0.15, -0.1) is 0 Å². The van der Waals surface area contributed by atoms with Gasteiger partial charge in [0.2, 0.25) is 11.7 Å². The van der Waals surface area contributed by atoms with Crippen LogP contribution in [0.1, 0.15) is 26.2 Å². The Labute approximate surface area is 238 Å². The van der Waals surface area contributed by atoms with Crippen molar-refractivity contribution >= 4 is 29.1 Å². The summed E-state index contributed by atoms with van der Waals surface area (Å²) in [5.74, 6) is -2.50. The standard InChI is InChI=1S/C27H29F3N10O2/c1-16-20(12-41)36-25(27(28,29)30)37-21(16)24(42)38-8-3-18(4-9-38)39-13-26(14-39,5-6-31)40-11-17(10-35-40)22-19-2-7-32-23(19)34-15-33-22/h2,7,10-12,15-16,18,20-21H,3-5,8-9,13-14H2,1H3,(H,36,37)(H,32,33,34). The lowest BCUT2D eigenvalue weighted by atomic mass is 9.83. The summed E-state index contributed by atoms with van der Waals surface area (Å²) in [6.07, 6.45) is 4.11. The van der Waals surface area contributed by atoms with Crippen LogP contribution < -0.4 is 5.32 Å². The molecule has 1 amide bonds. The number of hydrogen-bond acceptors (Lipinski definition) is 9. The van der Waals surface area contributed by atoms with Gasteiger partial charge in [0.15, 0.2) is 0 Å². The van der Waals surface area contributed by atoms with Crippen molar-refractivity contribution in [3.05, 3.63) is 31.0 Å². The van der Waals surface area contributed by atoms with Crippen LogP contribution >= 0.6 is 0 Å². The second kappa shape index (κ2) is 10.5. The number of nitriles is 1. The fourth-order valence-corrected chi connectivity index (χ4v) is 6.27. The Kier molecular flexibility index (Phi) is 6.96. The first-order chi connectivity index (χ1) is 20.1. The van der Waals surface area contributed by atoms with Gasteiger partial charge in [0.05, 0.1) is 30.4 Å². The highest BCUT2D eigenvalue weighted by molar-refractivity contribution is 5.95. The van der Waals surface area contributed by atoms with Crippen LogP contribution in [0.4, 0.5) is 13.2 Å². The van der Waals surface area contributed by atoms with Crippen molar-refractivity contribution in [3.8, 4) is 17.3 Å². The van der Waals surface area contributed by atoms with Gasteiger partial charge in [0, 0.05) is 61.5 Å². The van der Waals surface area contributed by atoms with E-state index >= 15 is 0 Å². The zero-order valence-corrected chi connectivity index (χ0v) is 22.8. The molecule has 220 valence electrons. The van der Waals surface area contributed by atoms with Crippen molar-refractivity contribution in [1.29, 1.82) is 5.26 Å². The van der Waals surface area contributed by atoms with Crippen LogP contribution in [-0.2, 0) is 15.1 Å². The van der Waals surface area contributed by atoms with Crippen LogP contribution in [0.25, 0.3) is 22.3 Å². The van der Waals surface area contributed by atoms with Crippen LogP contribution in [0.5, 0.6) is 0 Å². The summed E-state index contributed by atoms with van der Waals surface area (Å²) in [6, 6.07) is 1.93. The lowest BCUT2D eigenvalue weighted by Gasteiger charge is -2.53. The third kappa shape index (κ3) is 4.79. The molecule has 0 aromatic carbocycles. The van der Waals surface area contributed by atoms with Crippen molar-refractivity contribution in [2.24, 2.45) is 10.9 Å². The molecule has 2 N–H and O–H groups in total. The first kappa shape index (κ1) is 27.8. The lowest BCUT2D eigenvalue weighted by Crippen LogP contribution is -2.66. The van der Waals surface area contributed by atoms with Crippen LogP contribution in [0, 0.1) is 17.2 Å². The Morgan fingerprint density at radius 1 is 1.26 bits per heavy atom. The molecule has 0 bridgehead atoms. The normalized spacial score (nSPS) is 24.9. The number of nitrogens with zero attached hydrogens (tertiary/aromatic N) is 8. The summed E-state index contributed by atoms with van der Waals surface area (Å²) in [4.78, 5) is 43.9. The zero-order chi connectivity index (χ0) is 29.6. The predicted molar refractivity (Wildman–Crippen MR) is 144 cm³/mol. The van der Waals surface area contributed by atoms with E-state index in [1.54, 1.807) is 24.2 Å². The Balaban J connectivity index is 1.11. The number of likely N-dealkylation sites (tertiary alicyclic amines) is 2. The number of carbonyl (C=O) groups is 2. The number of fused-ring (bicyclic) bond motifs is 1. The van der Waals surface area contributed by atoms with E-state index in [1.807, 2.05) is 16.9 Å². The van der Waals surface area contributed by atoms with Crippen molar-refractivity contribution in [3.63, 3.8) is 0 Å². The number of carbonyl (C=O) groups excluding carboxylic acids is 2. The van der Waals surface area contributed by atoms with Gasteiger partial charge in [-0.25, -0.2) is 9.97 Å². The molecule has 3 atom stereocenters. The Morgan fingerprint density at radius 2 is 2.02 bits per heavy atom. The number of nitrogens with one attached hydrogen (secondary N) is 2. The topological polar surface area (TPSA) is 148 Å². The van der Waals surface area contributed by atoms with Gasteiger partial charge in [-0.1, -0.05) is 6.92 Å². The number of rotatable bonds is 6. The Bertz CT molecular complexity index is 1560. The molecule has 3 unspecified atom stereocenters. The molecule has 2 fully saturated rings. The molecule has 12 nitrogen and oxygen atoms in total. The first-order valence-electron chi connectivity index (χ1n) is 13.7. The van der Waals surface area contributed by atoms with Gasteiger partial charge in [0.25, 0.3) is 0 Å². The number of aldehydes is 1. The third-order valence-electron chi connectivity index (χ3n) is 8.70. The zero-order valence-electron chi connectivity index (χ0n) is 22.8. The summed E-state index contributed by atoms with van der Waals surface area (Å²) in [5, 5.41) is 17.2. The van der Waals surface area contributed by atoms with Gasteiger partial charge >= 0.3 is 6.18 Å². The molecule has 3 aromatic rings. The number of hydrogen-bond donors (Lipinski definition) is 2. The molecule has 0 aliphatic carbocycles.